The van der Waals surface area contributed by atoms with Gasteiger partial charge < -0.3 is 14.4 Å². The highest BCUT2D eigenvalue weighted by Crippen LogP contribution is 2.23. The number of hydrogen-bond donors (Lipinski definition) is 0. The summed E-state index contributed by atoms with van der Waals surface area (Å²) in [6.45, 7) is 2.02. The second kappa shape index (κ2) is 8.91. The Balaban J connectivity index is 1.54. The number of rotatable bonds is 8. The molecule has 134 valence electrons. The zero-order chi connectivity index (χ0) is 17.5. The molecule has 1 atom stereocenters. The Hall–Kier alpha value is -2.00. The summed E-state index contributed by atoms with van der Waals surface area (Å²) in [6.07, 6.45) is 5.70. The Bertz CT molecular complexity index is 671. The van der Waals surface area contributed by atoms with Gasteiger partial charge in [0, 0.05) is 6.04 Å². The minimum absolute atomic E-state index is 0.684. The summed E-state index contributed by atoms with van der Waals surface area (Å²) in [7, 11) is 3.93. The molecule has 1 heterocycles. The Kier molecular flexibility index (Phi) is 6.35. The molecule has 0 aliphatic carbocycles. The number of hydrogen-bond acceptors (Lipinski definition) is 3. The Morgan fingerprint density at radius 3 is 2.76 bits per heavy atom. The minimum Gasteiger partial charge on any atom is -0.497 e. The molecule has 1 unspecified atom stereocenters. The van der Waals surface area contributed by atoms with Crippen molar-refractivity contribution in [2.45, 2.75) is 38.1 Å². The number of ether oxygens (including phenoxy) is 2. The molecule has 3 rings (SSSR count). The van der Waals surface area contributed by atoms with Gasteiger partial charge in [0.1, 0.15) is 11.5 Å². The maximum atomic E-state index is 6.13. The van der Waals surface area contributed by atoms with E-state index in [1.54, 1.807) is 7.11 Å². The van der Waals surface area contributed by atoms with Gasteiger partial charge in [0.15, 0.2) is 0 Å². The van der Waals surface area contributed by atoms with Crippen molar-refractivity contribution in [3.05, 3.63) is 59.7 Å². The quantitative estimate of drug-likeness (QED) is 0.714. The van der Waals surface area contributed by atoms with E-state index in [1.807, 2.05) is 6.07 Å². The summed E-state index contributed by atoms with van der Waals surface area (Å²) in [4.78, 5) is 2.46. The van der Waals surface area contributed by atoms with Gasteiger partial charge in [-0.15, -0.1) is 0 Å². The van der Waals surface area contributed by atoms with Gasteiger partial charge in [0.2, 0.25) is 0 Å². The van der Waals surface area contributed by atoms with Crippen molar-refractivity contribution in [2.24, 2.45) is 0 Å². The van der Waals surface area contributed by atoms with Crippen LogP contribution in [0.15, 0.2) is 48.5 Å². The number of para-hydroxylation sites is 1. The van der Waals surface area contributed by atoms with Crippen LogP contribution in [0.25, 0.3) is 0 Å². The Morgan fingerprint density at radius 2 is 1.96 bits per heavy atom. The van der Waals surface area contributed by atoms with Crippen molar-refractivity contribution >= 4 is 0 Å². The third-order valence-corrected chi connectivity index (χ3v) is 5.17. The number of likely N-dealkylation sites (tertiary alicyclic amines) is 1. The van der Waals surface area contributed by atoms with Crippen LogP contribution in [0.2, 0.25) is 0 Å². The lowest BCUT2D eigenvalue weighted by molar-refractivity contribution is 0.232. The summed E-state index contributed by atoms with van der Waals surface area (Å²) in [5, 5.41) is 0. The summed E-state index contributed by atoms with van der Waals surface area (Å²) >= 11 is 0. The predicted octanol–water partition coefficient (Wildman–Crippen LogP) is 4.34. The van der Waals surface area contributed by atoms with E-state index in [0.29, 0.717) is 6.04 Å². The molecule has 25 heavy (non-hydrogen) atoms. The maximum Gasteiger partial charge on any atom is 0.122 e. The molecule has 0 aromatic heterocycles. The lowest BCUT2D eigenvalue weighted by Crippen LogP contribution is -2.26. The van der Waals surface area contributed by atoms with Crippen molar-refractivity contribution in [2.75, 3.05) is 27.3 Å². The first-order valence-electron chi connectivity index (χ1n) is 9.30. The fourth-order valence-electron chi connectivity index (χ4n) is 3.61. The molecule has 3 heteroatoms. The van der Waals surface area contributed by atoms with Crippen LogP contribution in [0.3, 0.4) is 0 Å². The monoisotopic (exact) mass is 339 g/mol. The largest absolute Gasteiger partial charge is 0.497 e. The van der Waals surface area contributed by atoms with Crippen molar-refractivity contribution in [1.82, 2.24) is 4.90 Å². The maximum absolute atomic E-state index is 6.13. The van der Waals surface area contributed by atoms with Gasteiger partial charge >= 0.3 is 0 Å². The second-order valence-electron chi connectivity index (χ2n) is 6.87. The molecule has 2 aromatic carbocycles. The lowest BCUT2D eigenvalue weighted by Gasteiger charge is -2.20. The predicted molar refractivity (Wildman–Crippen MR) is 103 cm³/mol. The highest BCUT2D eigenvalue weighted by atomic mass is 16.5. The number of methoxy groups -OCH3 is 1. The number of aryl methyl sites for hydroxylation is 2. The van der Waals surface area contributed by atoms with Gasteiger partial charge in [-0.3, -0.25) is 0 Å². The summed E-state index contributed by atoms with van der Waals surface area (Å²) < 4.78 is 11.4. The van der Waals surface area contributed by atoms with E-state index in [0.717, 1.165) is 37.4 Å². The molecular formula is C22H29NO2. The van der Waals surface area contributed by atoms with E-state index in [2.05, 4.69) is 54.4 Å². The number of nitrogens with zero attached hydrogens (tertiary/aromatic N) is 1. The molecule has 0 spiro atoms. The highest BCUT2D eigenvalue weighted by molar-refractivity contribution is 5.35. The molecule has 2 aromatic rings. The third-order valence-electron chi connectivity index (χ3n) is 5.17. The van der Waals surface area contributed by atoms with Gasteiger partial charge in [0.25, 0.3) is 0 Å². The van der Waals surface area contributed by atoms with Gasteiger partial charge in [-0.25, -0.2) is 0 Å². The van der Waals surface area contributed by atoms with Gasteiger partial charge in [-0.2, -0.15) is 0 Å². The second-order valence-corrected chi connectivity index (χ2v) is 6.87. The average Bonchev–Trinajstić information content (AvgIpc) is 3.06. The Labute approximate surface area is 151 Å². The lowest BCUT2D eigenvalue weighted by atomic mass is 10.0. The van der Waals surface area contributed by atoms with Crippen LogP contribution in [0.1, 0.15) is 30.4 Å². The molecule has 0 N–H and O–H groups in total. The summed E-state index contributed by atoms with van der Waals surface area (Å²) in [5.41, 5.74) is 2.58. The molecule has 0 bridgehead atoms. The summed E-state index contributed by atoms with van der Waals surface area (Å²) in [6, 6.07) is 17.4. The van der Waals surface area contributed by atoms with E-state index < -0.39 is 0 Å². The third kappa shape index (κ3) is 4.99. The van der Waals surface area contributed by atoms with Crippen molar-refractivity contribution in [1.29, 1.82) is 0 Å². The van der Waals surface area contributed by atoms with E-state index >= 15 is 0 Å². The first-order chi connectivity index (χ1) is 12.3. The standard InChI is InChI=1S/C22H29NO2/c1-23-15-6-9-20(23)14-16-25-22-11-4-3-8-19(22)13-12-18-7-5-10-21(17-18)24-2/h3-5,7-8,10-11,17,20H,6,9,12-16H2,1-2H3. The van der Waals surface area contributed by atoms with Gasteiger partial charge in [-0.05, 0) is 75.0 Å². The molecule has 3 nitrogen and oxygen atoms in total. The van der Waals surface area contributed by atoms with Crippen molar-refractivity contribution < 1.29 is 9.47 Å². The van der Waals surface area contributed by atoms with Crippen LogP contribution in [0, 0.1) is 0 Å². The molecule has 1 aliphatic rings. The molecule has 1 saturated heterocycles. The van der Waals surface area contributed by atoms with Crippen LogP contribution >= 0.6 is 0 Å². The van der Waals surface area contributed by atoms with Gasteiger partial charge in [-0.1, -0.05) is 30.3 Å². The minimum atomic E-state index is 0.684. The Morgan fingerprint density at radius 1 is 1.08 bits per heavy atom. The van der Waals surface area contributed by atoms with Crippen LogP contribution in [0.5, 0.6) is 11.5 Å². The molecule has 0 amide bonds. The van der Waals surface area contributed by atoms with Crippen LogP contribution in [-0.4, -0.2) is 38.3 Å². The molecule has 0 radical (unpaired) electrons. The zero-order valence-electron chi connectivity index (χ0n) is 15.4. The molecule has 1 fully saturated rings. The first kappa shape index (κ1) is 17.8. The van der Waals surface area contributed by atoms with Crippen molar-refractivity contribution in [3.63, 3.8) is 0 Å². The zero-order valence-corrected chi connectivity index (χ0v) is 15.4. The van der Waals surface area contributed by atoms with E-state index in [4.69, 9.17) is 9.47 Å². The molecule has 1 aliphatic heterocycles. The van der Waals surface area contributed by atoms with E-state index in [9.17, 15) is 0 Å². The molecule has 0 saturated carbocycles. The fourth-order valence-corrected chi connectivity index (χ4v) is 3.61. The van der Waals surface area contributed by atoms with Crippen LogP contribution in [0.4, 0.5) is 0 Å². The summed E-state index contributed by atoms with van der Waals surface area (Å²) in [5.74, 6) is 1.95. The fraction of sp³-hybridized carbons (Fsp3) is 0.455. The smallest absolute Gasteiger partial charge is 0.122 e. The van der Waals surface area contributed by atoms with Crippen molar-refractivity contribution in [3.8, 4) is 11.5 Å². The van der Waals surface area contributed by atoms with Crippen LogP contribution < -0.4 is 9.47 Å². The SMILES string of the molecule is COc1cccc(CCc2ccccc2OCCC2CCCN2C)c1. The van der Waals surface area contributed by atoms with Gasteiger partial charge in [0.05, 0.1) is 13.7 Å². The van der Waals surface area contributed by atoms with E-state index in [1.165, 1.54) is 30.5 Å². The van der Waals surface area contributed by atoms with E-state index in [-0.39, 0.29) is 0 Å². The average molecular weight is 339 g/mol. The normalized spacial score (nSPS) is 17.6. The first-order valence-corrected chi connectivity index (χ1v) is 9.30. The molecular weight excluding hydrogens is 310 g/mol. The highest BCUT2D eigenvalue weighted by Gasteiger charge is 2.20. The number of benzene rings is 2. The van der Waals surface area contributed by atoms with Crippen LogP contribution in [-0.2, 0) is 12.8 Å². The topological polar surface area (TPSA) is 21.7 Å².